The number of methoxy groups -OCH3 is 1. The standard InChI is InChI=1S/C23H27FN2O4/c1-3-13-9-26-5-4-16-22-14(10-27)6-15(24)7-19(22)25-23(16)20(26)8-17(13)18(12-30-2)21(29)11-28/h6-7,10,12-13,17,20,25,28H,3-5,8-9,11H2,1-2H3/b18-12+/t13-,17+,20+/m1/s1/i20D. The van der Waals surface area contributed by atoms with Gasteiger partial charge in [-0.1, -0.05) is 13.3 Å². The van der Waals surface area contributed by atoms with Crippen molar-refractivity contribution in [3.05, 3.63) is 46.6 Å². The second-order valence-electron chi connectivity index (χ2n) is 8.03. The maximum absolute atomic E-state index is 14.0. The number of aromatic amines is 1. The minimum Gasteiger partial charge on any atom is -0.504 e. The average molecular weight is 415 g/mol. The topological polar surface area (TPSA) is 82.6 Å². The largest absolute Gasteiger partial charge is 0.504 e. The summed E-state index contributed by atoms with van der Waals surface area (Å²) in [5.41, 5.74) is 2.69. The summed E-state index contributed by atoms with van der Waals surface area (Å²) in [6.07, 6.45) is 3.83. The van der Waals surface area contributed by atoms with Gasteiger partial charge in [0.25, 0.3) is 0 Å². The van der Waals surface area contributed by atoms with Gasteiger partial charge in [0, 0.05) is 40.8 Å². The number of hydrogen-bond donors (Lipinski definition) is 2. The molecule has 0 radical (unpaired) electrons. The van der Waals surface area contributed by atoms with Gasteiger partial charge in [0.2, 0.25) is 0 Å². The molecular formula is C23H27FN2O4. The molecule has 0 saturated carbocycles. The van der Waals surface area contributed by atoms with Crippen LogP contribution in [0, 0.1) is 17.7 Å². The summed E-state index contributed by atoms with van der Waals surface area (Å²) in [4.78, 5) is 29.4. The van der Waals surface area contributed by atoms with Gasteiger partial charge in [0.05, 0.1) is 20.8 Å². The van der Waals surface area contributed by atoms with Crippen LogP contribution in [-0.4, -0.2) is 53.9 Å². The first kappa shape index (κ1) is 19.5. The summed E-state index contributed by atoms with van der Waals surface area (Å²) >= 11 is 0. The molecule has 1 fully saturated rings. The van der Waals surface area contributed by atoms with Gasteiger partial charge in [-0.2, -0.15) is 0 Å². The van der Waals surface area contributed by atoms with Crippen LogP contribution in [0.3, 0.4) is 0 Å². The second kappa shape index (κ2) is 8.32. The number of aliphatic hydroxyl groups is 1. The van der Waals surface area contributed by atoms with Gasteiger partial charge >= 0.3 is 0 Å². The quantitative estimate of drug-likeness (QED) is 0.430. The van der Waals surface area contributed by atoms with Gasteiger partial charge in [-0.15, -0.1) is 0 Å². The first-order chi connectivity index (χ1) is 14.9. The number of Topliss-reactive ketones (excluding diaryl/α,β-unsaturated/α-hetero) is 1. The van der Waals surface area contributed by atoms with Crippen LogP contribution in [0.4, 0.5) is 4.39 Å². The molecule has 6 nitrogen and oxygen atoms in total. The summed E-state index contributed by atoms with van der Waals surface area (Å²) in [6, 6.07) is 1.42. The highest BCUT2D eigenvalue weighted by molar-refractivity contribution is 6.00. The van der Waals surface area contributed by atoms with Crippen molar-refractivity contribution in [2.24, 2.45) is 11.8 Å². The Labute approximate surface area is 176 Å². The Balaban J connectivity index is 1.85. The number of aldehydes is 1. The van der Waals surface area contributed by atoms with Gasteiger partial charge in [-0.25, -0.2) is 4.39 Å². The number of carbonyl (C=O) groups is 2. The number of benzene rings is 1. The van der Waals surface area contributed by atoms with Crippen LogP contribution in [0.2, 0.25) is 0 Å². The van der Waals surface area contributed by atoms with Gasteiger partial charge in [-0.3, -0.25) is 14.5 Å². The molecule has 0 unspecified atom stereocenters. The van der Waals surface area contributed by atoms with Crippen molar-refractivity contribution in [3.8, 4) is 0 Å². The molecule has 2 aliphatic heterocycles. The third kappa shape index (κ3) is 3.36. The number of nitrogens with zero attached hydrogens (tertiary/aromatic N) is 1. The second-order valence-corrected chi connectivity index (χ2v) is 8.03. The Kier molecular flexibility index (Phi) is 5.39. The normalized spacial score (nSPS) is 27.3. The number of hydrogen-bond acceptors (Lipinski definition) is 5. The molecule has 1 aromatic heterocycles. The predicted molar refractivity (Wildman–Crippen MR) is 111 cm³/mol. The molecule has 2 aromatic rings. The van der Waals surface area contributed by atoms with Crippen LogP contribution < -0.4 is 0 Å². The Morgan fingerprint density at radius 2 is 2.30 bits per heavy atom. The average Bonchev–Trinajstić information content (AvgIpc) is 3.15. The van der Waals surface area contributed by atoms with E-state index in [2.05, 4.69) is 16.8 Å². The third-order valence-corrected chi connectivity index (χ3v) is 6.50. The van der Waals surface area contributed by atoms with E-state index in [-0.39, 0.29) is 17.4 Å². The van der Waals surface area contributed by atoms with E-state index < -0.39 is 24.2 Å². The van der Waals surface area contributed by atoms with E-state index in [9.17, 15) is 20.5 Å². The van der Waals surface area contributed by atoms with Crippen molar-refractivity contribution < 1.29 is 25.2 Å². The summed E-state index contributed by atoms with van der Waals surface area (Å²) in [7, 11) is 1.46. The zero-order valence-corrected chi connectivity index (χ0v) is 17.2. The Morgan fingerprint density at radius 3 is 2.97 bits per heavy atom. The lowest BCUT2D eigenvalue weighted by atomic mass is 9.73. The zero-order chi connectivity index (χ0) is 22.3. The van der Waals surface area contributed by atoms with Gasteiger partial charge in [-0.05, 0) is 42.4 Å². The molecule has 1 saturated heterocycles. The van der Waals surface area contributed by atoms with Crippen LogP contribution >= 0.6 is 0 Å². The van der Waals surface area contributed by atoms with Crippen molar-refractivity contribution in [1.29, 1.82) is 0 Å². The molecule has 0 bridgehead atoms. The Bertz CT molecular complexity index is 1070. The fraction of sp³-hybridized carbons (Fsp3) is 0.478. The fourth-order valence-corrected chi connectivity index (χ4v) is 5.10. The van der Waals surface area contributed by atoms with Gasteiger partial charge in [0.15, 0.2) is 12.1 Å². The molecule has 0 aliphatic carbocycles. The molecule has 0 spiro atoms. The summed E-state index contributed by atoms with van der Waals surface area (Å²) in [5, 5.41) is 10.1. The number of ketones is 1. The molecule has 4 rings (SSSR count). The number of ether oxygens (including phenoxy) is 1. The zero-order valence-electron chi connectivity index (χ0n) is 18.2. The number of nitrogens with one attached hydrogen (secondary N) is 1. The van der Waals surface area contributed by atoms with E-state index >= 15 is 0 Å². The van der Waals surface area contributed by atoms with E-state index in [1.54, 1.807) is 0 Å². The predicted octanol–water partition coefficient (Wildman–Crippen LogP) is 3.16. The lowest BCUT2D eigenvalue weighted by molar-refractivity contribution is -0.119. The highest BCUT2D eigenvalue weighted by Gasteiger charge is 2.42. The lowest BCUT2D eigenvalue weighted by Crippen LogP contribution is -2.47. The molecule has 2 N–H and O–H groups in total. The molecule has 30 heavy (non-hydrogen) atoms. The molecule has 1 aromatic carbocycles. The van der Waals surface area contributed by atoms with Crippen LogP contribution in [0.15, 0.2) is 24.0 Å². The lowest BCUT2D eigenvalue weighted by Gasteiger charge is -2.46. The molecule has 160 valence electrons. The Hall–Kier alpha value is -2.51. The smallest absolute Gasteiger partial charge is 0.187 e. The summed E-state index contributed by atoms with van der Waals surface area (Å²) < 4.78 is 28.6. The van der Waals surface area contributed by atoms with E-state index in [1.807, 2.05) is 0 Å². The number of halogens is 1. The maximum atomic E-state index is 14.0. The number of rotatable bonds is 6. The van der Waals surface area contributed by atoms with Crippen molar-refractivity contribution >= 4 is 23.0 Å². The van der Waals surface area contributed by atoms with Crippen molar-refractivity contribution in [3.63, 3.8) is 0 Å². The molecule has 7 heteroatoms. The van der Waals surface area contributed by atoms with Crippen LogP contribution in [0.5, 0.6) is 0 Å². The molecule has 2 aliphatic rings. The highest BCUT2D eigenvalue weighted by atomic mass is 19.1. The SMILES string of the molecule is [2H][C@@]12C[C@H](/C(=C\OC)C(=O)CO)[C@H](CC)CN1CCc1c2[nH]c2cc(F)cc(C=O)c12. The Morgan fingerprint density at radius 1 is 1.50 bits per heavy atom. The number of aliphatic hydroxyl groups excluding tert-OH is 1. The van der Waals surface area contributed by atoms with E-state index in [0.717, 1.165) is 12.0 Å². The van der Waals surface area contributed by atoms with Crippen molar-refractivity contribution in [2.75, 3.05) is 26.8 Å². The van der Waals surface area contributed by atoms with Crippen LogP contribution in [0.25, 0.3) is 10.9 Å². The molecular weight excluding hydrogens is 387 g/mol. The van der Waals surface area contributed by atoms with Crippen LogP contribution in [0.1, 0.15) is 48.8 Å². The van der Waals surface area contributed by atoms with Crippen molar-refractivity contribution in [1.82, 2.24) is 9.88 Å². The number of H-pyrrole nitrogens is 1. The van der Waals surface area contributed by atoms with Gasteiger partial charge in [0.1, 0.15) is 12.4 Å². The van der Waals surface area contributed by atoms with Crippen molar-refractivity contribution in [2.45, 2.75) is 32.2 Å². The first-order valence-corrected chi connectivity index (χ1v) is 10.3. The molecule has 3 heterocycles. The van der Waals surface area contributed by atoms with Crippen LogP contribution in [-0.2, 0) is 16.0 Å². The monoisotopic (exact) mass is 415 g/mol. The minimum atomic E-state index is -1.16. The number of piperidine rings is 1. The number of aromatic nitrogens is 1. The maximum Gasteiger partial charge on any atom is 0.187 e. The summed E-state index contributed by atoms with van der Waals surface area (Å²) in [5.74, 6) is -1.04. The van der Waals surface area contributed by atoms with E-state index in [0.29, 0.717) is 54.4 Å². The highest BCUT2D eigenvalue weighted by Crippen LogP contribution is 2.46. The molecule has 0 amide bonds. The number of carbonyl (C=O) groups excluding carboxylic acids is 2. The first-order valence-electron chi connectivity index (χ1n) is 10.8. The van der Waals surface area contributed by atoms with Gasteiger partial charge < -0.3 is 14.8 Å². The van der Waals surface area contributed by atoms with E-state index in [1.165, 1.54) is 25.5 Å². The molecule has 3 atom stereocenters. The third-order valence-electron chi connectivity index (χ3n) is 6.50. The van der Waals surface area contributed by atoms with E-state index in [4.69, 9.17) is 4.74 Å². The number of fused-ring (bicyclic) bond motifs is 5. The fourth-order valence-electron chi connectivity index (χ4n) is 5.10. The summed E-state index contributed by atoms with van der Waals surface area (Å²) in [6.45, 7) is 2.70. The minimum absolute atomic E-state index is 0.129.